The summed E-state index contributed by atoms with van der Waals surface area (Å²) in [5.74, 6) is -1.03. The summed E-state index contributed by atoms with van der Waals surface area (Å²) in [5.41, 5.74) is 3.28. The largest absolute Gasteiger partial charge is 0.341 e. The number of thioether (sulfide) groups is 1. The SMILES string of the molecule is CCCCCCCCc1c(C2CC(=O)[C@]3(CNCCN3C(=O)NC)C2=O)ccc(NO)c1SC. The minimum Gasteiger partial charge on any atom is -0.341 e. The second-order valence-electron chi connectivity index (χ2n) is 9.13. The molecule has 1 aromatic rings. The van der Waals surface area contributed by atoms with Crippen LogP contribution in [0, 0.1) is 0 Å². The van der Waals surface area contributed by atoms with Crippen LogP contribution in [0.25, 0.3) is 0 Å². The lowest BCUT2D eigenvalue weighted by atomic mass is 9.85. The van der Waals surface area contributed by atoms with E-state index in [4.69, 9.17) is 0 Å². The lowest BCUT2D eigenvalue weighted by Crippen LogP contribution is -2.69. The van der Waals surface area contributed by atoms with Gasteiger partial charge in [-0.05, 0) is 36.3 Å². The van der Waals surface area contributed by atoms with Crippen LogP contribution in [0.5, 0.6) is 0 Å². The third kappa shape index (κ3) is 4.97. The Morgan fingerprint density at radius 2 is 1.97 bits per heavy atom. The van der Waals surface area contributed by atoms with Crippen LogP contribution >= 0.6 is 11.8 Å². The van der Waals surface area contributed by atoms with Gasteiger partial charge in [0.1, 0.15) is 0 Å². The molecular formula is C25H38N4O4S. The molecule has 1 heterocycles. The number of anilines is 1. The van der Waals surface area contributed by atoms with Crippen molar-refractivity contribution in [3.8, 4) is 0 Å². The van der Waals surface area contributed by atoms with E-state index < -0.39 is 17.5 Å². The molecule has 1 aliphatic carbocycles. The lowest BCUT2D eigenvalue weighted by Gasteiger charge is -2.42. The average Bonchev–Trinajstić information content (AvgIpc) is 3.10. The zero-order valence-electron chi connectivity index (χ0n) is 20.5. The number of nitrogens with one attached hydrogen (secondary N) is 3. The average molecular weight is 491 g/mol. The Balaban J connectivity index is 1.94. The molecule has 1 saturated heterocycles. The molecule has 2 fully saturated rings. The standard InChI is InChI=1S/C25H38N4O4S/c1-4-5-6-7-8-9-10-18-17(11-12-20(28-33)22(18)34-3)19-15-21(30)25(23(19)31)16-27-13-14-29(25)24(32)26-2/h11-12,19,27-28,33H,4-10,13-16H2,1-3H3,(H,26,32)/t19?,25-/m1/s1. The van der Waals surface area contributed by atoms with Crippen molar-refractivity contribution >= 4 is 35.0 Å². The van der Waals surface area contributed by atoms with Gasteiger partial charge in [0.2, 0.25) is 0 Å². The smallest absolute Gasteiger partial charge is 0.318 e. The Kier molecular flexibility index (Phi) is 9.39. The summed E-state index contributed by atoms with van der Waals surface area (Å²) >= 11 is 1.52. The molecule has 2 amide bonds. The van der Waals surface area contributed by atoms with Gasteiger partial charge in [-0.25, -0.2) is 4.79 Å². The fraction of sp³-hybridized carbons (Fsp3) is 0.640. The highest BCUT2D eigenvalue weighted by molar-refractivity contribution is 7.98. The number of hydrogen-bond acceptors (Lipinski definition) is 7. The van der Waals surface area contributed by atoms with E-state index in [2.05, 4.69) is 23.0 Å². The number of Topliss-reactive ketones (excluding diaryl/α,β-unsaturated/α-hetero) is 2. The van der Waals surface area contributed by atoms with Gasteiger partial charge in [0, 0.05) is 38.0 Å². The third-order valence-corrected chi connectivity index (χ3v) is 8.04. The molecule has 1 aromatic carbocycles. The maximum absolute atomic E-state index is 13.9. The van der Waals surface area contributed by atoms with Crippen molar-refractivity contribution in [2.45, 2.75) is 74.6 Å². The van der Waals surface area contributed by atoms with Gasteiger partial charge in [-0.1, -0.05) is 45.1 Å². The number of nitrogens with zero attached hydrogens (tertiary/aromatic N) is 1. The Morgan fingerprint density at radius 3 is 2.65 bits per heavy atom. The number of ketones is 2. The van der Waals surface area contributed by atoms with E-state index in [-0.39, 0.29) is 24.5 Å². The molecule has 0 bridgehead atoms. The van der Waals surface area contributed by atoms with Crippen molar-refractivity contribution in [3.63, 3.8) is 0 Å². The molecule has 188 valence electrons. The molecule has 8 nitrogen and oxygen atoms in total. The van der Waals surface area contributed by atoms with Crippen LogP contribution < -0.4 is 16.1 Å². The number of unbranched alkanes of at least 4 members (excludes halogenated alkanes) is 5. The topological polar surface area (TPSA) is 111 Å². The zero-order valence-corrected chi connectivity index (χ0v) is 21.4. The van der Waals surface area contributed by atoms with Gasteiger partial charge in [0.25, 0.3) is 0 Å². The molecule has 2 atom stereocenters. The van der Waals surface area contributed by atoms with Gasteiger partial charge in [-0.15, -0.1) is 11.8 Å². The third-order valence-electron chi connectivity index (χ3n) is 7.16. The van der Waals surface area contributed by atoms with Crippen molar-refractivity contribution in [1.29, 1.82) is 0 Å². The molecule has 9 heteroatoms. The molecule has 34 heavy (non-hydrogen) atoms. The number of carbonyl (C=O) groups excluding carboxylic acids is 3. The van der Waals surface area contributed by atoms with Gasteiger partial charge in [-0.3, -0.25) is 20.3 Å². The number of benzene rings is 1. The van der Waals surface area contributed by atoms with Gasteiger partial charge < -0.3 is 15.5 Å². The van der Waals surface area contributed by atoms with Crippen LogP contribution in [-0.2, 0) is 16.0 Å². The summed E-state index contributed by atoms with van der Waals surface area (Å²) in [7, 11) is 1.52. The molecule has 0 aromatic heterocycles. The summed E-state index contributed by atoms with van der Waals surface area (Å²) in [6.07, 6.45) is 9.71. The molecular weight excluding hydrogens is 452 g/mol. The van der Waals surface area contributed by atoms with E-state index in [1.165, 1.54) is 49.4 Å². The molecule has 2 aliphatic rings. The number of hydrogen-bond donors (Lipinski definition) is 4. The fourth-order valence-corrected chi connectivity index (χ4v) is 6.18. The van der Waals surface area contributed by atoms with Crippen molar-refractivity contribution in [3.05, 3.63) is 23.3 Å². The number of rotatable bonds is 10. The maximum Gasteiger partial charge on any atom is 0.318 e. The second-order valence-corrected chi connectivity index (χ2v) is 9.95. The van der Waals surface area contributed by atoms with Gasteiger partial charge in [0.15, 0.2) is 17.1 Å². The van der Waals surface area contributed by atoms with Crippen molar-refractivity contribution in [2.75, 3.05) is 38.4 Å². The number of carbonyl (C=O) groups is 3. The molecule has 4 N–H and O–H groups in total. The first kappa shape index (κ1) is 26.5. The normalized spacial score (nSPS) is 22.5. The van der Waals surface area contributed by atoms with Crippen LogP contribution in [0.1, 0.15) is 68.9 Å². The Hall–Kier alpha value is -2.10. The zero-order chi connectivity index (χ0) is 24.7. The van der Waals surface area contributed by atoms with E-state index in [1.54, 1.807) is 6.07 Å². The highest BCUT2D eigenvalue weighted by atomic mass is 32.2. The molecule has 0 radical (unpaired) electrons. The van der Waals surface area contributed by atoms with Crippen LogP contribution in [0.2, 0.25) is 0 Å². The van der Waals surface area contributed by atoms with E-state index in [9.17, 15) is 19.6 Å². The maximum atomic E-state index is 13.9. The molecule has 3 rings (SSSR count). The Bertz CT molecular complexity index is 909. The number of urea groups is 1. The second kappa shape index (κ2) is 12.0. The molecule has 1 spiro atoms. The molecule has 1 unspecified atom stereocenters. The van der Waals surface area contributed by atoms with Crippen molar-refractivity contribution in [1.82, 2.24) is 15.5 Å². The quantitative estimate of drug-likeness (QED) is 0.171. The van der Waals surface area contributed by atoms with Crippen LogP contribution in [0.4, 0.5) is 10.5 Å². The molecule has 1 saturated carbocycles. The highest BCUT2D eigenvalue weighted by Gasteiger charge is 2.60. The van der Waals surface area contributed by atoms with Gasteiger partial charge in [-0.2, -0.15) is 0 Å². The predicted octanol–water partition coefficient (Wildman–Crippen LogP) is 3.72. The van der Waals surface area contributed by atoms with E-state index in [0.29, 0.717) is 18.8 Å². The van der Waals surface area contributed by atoms with Crippen molar-refractivity contribution in [2.24, 2.45) is 0 Å². The Morgan fingerprint density at radius 1 is 1.24 bits per heavy atom. The summed E-state index contributed by atoms with van der Waals surface area (Å²) in [6.45, 7) is 3.19. The predicted molar refractivity (Wildman–Crippen MR) is 135 cm³/mol. The first-order valence-corrected chi connectivity index (χ1v) is 13.6. The summed E-state index contributed by atoms with van der Waals surface area (Å²) in [4.78, 5) is 42.2. The number of piperazine rings is 1. The number of amides is 2. The van der Waals surface area contributed by atoms with E-state index >= 15 is 0 Å². The van der Waals surface area contributed by atoms with Crippen LogP contribution in [-0.4, -0.2) is 66.2 Å². The van der Waals surface area contributed by atoms with Crippen LogP contribution in [0.15, 0.2) is 17.0 Å². The van der Waals surface area contributed by atoms with Crippen LogP contribution in [0.3, 0.4) is 0 Å². The summed E-state index contributed by atoms with van der Waals surface area (Å²) < 4.78 is 0. The van der Waals surface area contributed by atoms with Crippen molar-refractivity contribution < 1.29 is 19.6 Å². The first-order chi connectivity index (χ1) is 16.5. The first-order valence-electron chi connectivity index (χ1n) is 12.3. The van der Waals surface area contributed by atoms with Gasteiger partial charge in [0.05, 0.1) is 11.6 Å². The minimum absolute atomic E-state index is 0.0806. The fourth-order valence-electron chi connectivity index (χ4n) is 5.38. The van der Waals surface area contributed by atoms with E-state index in [1.807, 2.05) is 12.3 Å². The monoisotopic (exact) mass is 490 g/mol. The lowest BCUT2D eigenvalue weighted by molar-refractivity contribution is -0.137. The van der Waals surface area contributed by atoms with Gasteiger partial charge >= 0.3 is 6.03 Å². The minimum atomic E-state index is -1.46. The highest BCUT2D eigenvalue weighted by Crippen LogP contribution is 2.44. The van der Waals surface area contributed by atoms with E-state index in [0.717, 1.165) is 35.3 Å². The Labute approximate surface area is 206 Å². The molecule has 1 aliphatic heterocycles. The summed E-state index contributed by atoms with van der Waals surface area (Å²) in [5, 5.41) is 15.4. The summed E-state index contributed by atoms with van der Waals surface area (Å²) in [6, 6.07) is 3.23.